The summed E-state index contributed by atoms with van der Waals surface area (Å²) in [4.78, 5) is 16.7. The normalized spacial score (nSPS) is 10.5. The standard InChI is InChI=1S/C26H29NO5/c1-29-22-14-19(15-23(17-22)30-2)9-12-21-7-5-6-20(27-21)11-8-18-10-13-24(26(28)32-4)25(16-18)31-3/h5-7,10,13-17H,8-9,11-12H2,1-4H3. The first-order valence-electron chi connectivity index (χ1n) is 10.5. The van der Waals surface area contributed by atoms with E-state index in [1.807, 2.05) is 42.5 Å². The Hall–Kier alpha value is -3.54. The van der Waals surface area contributed by atoms with E-state index in [1.165, 1.54) is 7.11 Å². The Kier molecular flexibility index (Phi) is 8.08. The molecule has 6 nitrogen and oxygen atoms in total. The van der Waals surface area contributed by atoms with Gasteiger partial charge in [-0.1, -0.05) is 12.1 Å². The number of carbonyl (C=O) groups excluding carboxylic acids is 1. The van der Waals surface area contributed by atoms with E-state index in [4.69, 9.17) is 23.9 Å². The van der Waals surface area contributed by atoms with Gasteiger partial charge in [-0.15, -0.1) is 0 Å². The SMILES string of the molecule is COC(=O)c1ccc(CCc2cccc(CCc3cc(OC)cc(OC)c3)n2)cc1OC. The summed E-state index contributed by atoms with van der Waals surface area (Å²) in [6.07, 6.45) is 3.25. The number of methoxy groups -OCH3 is 4. The highest BCUT2D eigenvalue weighted by Gasteiger charge is 2.13. The molecule has 0 aliphatic carbocycles. The predicted molar refractivity (Wildman–Crippen MR) is 123 cm³/mol. The van der Waals surface area contributed by atoms with E-state index in [0.717, 1.165) is 59.7 Å². The lowest BCUT2D eigenvalue weighted by atomic mass is 10.0. The van der Waals surface area contributed by atoms with Crippen molar-refractivity contribution >= 4 is 5.97 Å². The number of rotatable bonds is 10. The van der Waals surface area contributed by atoms with Gasteiger partial charge in [-0.05, 0) is 73.2 Å². The van der Waals surface area contributed by atoms with Gasteiger partial charge in [0.25, 0.3) is 0 Å². The zero-order valence-electron chi connectivity index (χ0n) is 19.0. The number of carbonyl (C=O) groups is 1. The first-order valence-corrected chi connectivity index (χ1v) is 10.5. The van der Waals surface area contributed by atoms with E-state index in [-0.39, 0.29) is 0 Å². The van der Waals surface area contributed by atoms with E-state index in [1.54, 1.807) is 27.4 Å². The maximum absolute atomic E-state index is 11.8. The third-order valence-electron chi connectivity index (χ3n) is 5.29. The average molecular weight is 436 g/mol. The zero-order valence-corrected chi connectivity index (χ0v) is 19.0. The second-order valence-electron chi connectivity index (χ2n) is 7.37. The Morgan fingerprint density at radius 3 is 1.91 bits per heavy atom. The average Bonchev–Trinajstić information content (AvgIpc) is 2.85. The molecule has 168 valence electrons. The van der Waals surface area contributed by atoms with Crippen molar-refractivity contribution in [3.63, 3.8) is 0 Å². The fraction of sp³-hybridized carbons (Fsp3) is 0.308. The highest BCUT2D eigenvalue weighted by atomic mass is 16.5. The quantitative estimate of drug-likeness (QED) is 0.438. The molecule has 1 heterocycles. The second-order valence-corrected chi connectivity index (χ2v) is 7.37. The molecule has 0 amide bonds. The number of nitrogens with zero attached hydrogens (tertiary/aromatic N) is 1. The maximum Gasteiger partial charge on any atom is 0.341 e. The second kappa shape index (κ2) is 11.2. The van der Waals surface area contributed by atoms with Crippen LogP contribution in [-0.4, -0.2) is 39.4 Å². The van der Waals surface area contributed by atoms with Crippen molar-refractivity contribution in [2.75, 3.05) is 28.4 Å². The summed E-state index contributed by atoms with van der Waals surface area (Å²) in [6.45, 7) is 0. The Bertz CT molecular complexity index is 1040. The molecule has 3 aromatic rings. The first-order chi connectivity index (χ1) is 15.6. The lowest BCUT2D eigenvalue weighted by molar-refractivity contribution is 0.0597. The van der Waals surface area contributed by atoms with Gasteiger partial charge in [0.15, 0.2) is 0 Å². The molecule has 0 aliphatic rings. The fourth-order valence-electron chi connectivity index (χ4n) is 3.53. The van der Waals surface area contributed by atoms with Crippen LogP contribution in [0, 0.1) is 0 Å². The molecule has 2 aromatic carbocycles. The van der Waals surface area contributed by atoms with Gasteiger partial charge in [0.1, 0.15) is 22.8 Å². The number of benzene rings is 2. The van der Waals surface area contributed by atoms with Crippen LogP contribution in [0.2, 0.25) is 0 Å². The molecule has 32 heavy (non-hydrogen) atoms. The molecule has 0 unspecified atom stereocenters. The third-order valence-corrected chi connectivity index (χ3v) is 5.29. The summed E-state index contributed by atoms with van der Waals surface area (Å²) in [5, 5.41) is 0. The van der Waals surface area contributed by atoms with Crippen LogP contribution in [0.4, 0.5) is 0 Å². The minimum absolute atomic E-state index is 0.406. The molecule has 0 spiro atoms. The van der Waals surface area contributed by atoms with Gasteiger partial charge in [-0.3, -0.25) is 4.98 Å². The monoisotopic (exact) mass is 435 g/mol. The summed E-state index contributed by atoms with van der Waals surface area (Å²) in [6, 6.07) is 17.6. The van der Waals surface area contributed by atoms with Gasteiger partial charge in [-0.2, -0.15) is 0 Å². The Morgan fingerprint density at radius 2 is 1.34 bits per heavy atom. The van der Waals surface area contributed by atoms with E-state index >= 15 is 0 Å². The summed E-state index contributed by atoms with van der Waals surface area (Å²) in [5.41, 5.74) is 4.72. The molecule has 0 saturated carbocycles. The van der Waals surface area contributed by atoms with E-state index in [2.05, 4.69) is 6.07 Å². The molecule has 0 fully saturated rings. The van der Waals surface area contributed by atoms with Gasteiger partial charge in [0.2, 0.25) is 0 Å². The molecule has 6 heteroatoms. The van der Waals surface area contributed by atoms with Crippen molar-refractivity contribution in [2.24, 2.45) is 0 Å². The number of hydrogen-bond acceptors (Lipinski definition) is 6. The molecule has 3 rings (SSSR count). The summed E-state index contributed by atoms with van der Waals surface area (Å²) >= 11 is 0. The van der Waals surface area contributed by atoms with Gasteiger partial charge in [-0.25, -0.2) is 4.79 Å². The summed E-state index contributed by atoms with van der Waals surface area (Å²) < 4.78 is 20.9. The van der Waals surface area contributed by atoms with Crippen LogP contribution in [0.15, 0.2) is 54.6 Å². The Balaban J connectivity index is 1.64. The van der Waals surface area contributed by atoms with Crippen molar-refractivity contribution < 1.29 is 23.7 Å². The zero-order chi connectivity index (χ0) is 22.9. The highest BCUT2D eigenvalue weighted by molar-refractivity contribution is 5.92. The lowest BCUT2D eigenvalue weighted by Crippen LogP contribution is -2.05. The summed E-state index contributed by atoms with van der Waals surface area (Å²) in [5.74, 6) is 1.69. The third kappa shape index (κ3) is 6.00. The molecular weight excluding hydrogens is 406 g/mol. The van der Waals surface area contributed by atoms with E-state index in [0.29, 0.717) is 11.3 Å². The lowest BCUT2D eigenvalue weighted by Gasteiger charge is -2.10. The Morgan fingerprint density at radius 1 is 0.719 bits per heavy atom. The number of aryl methyl sites for hydroxylation is 4. The van der Waals surface area contributed by atoms with Crippen molar-refractivity contribution in [1.29, 1.82) is 0 Å². The topological polar surface area (TPSA) is 66.9 Å². The van der Waals surface area contributed by atoms with Crippen LogP contribution in [0.25, 0.3) is 0 Å². The molecule has 0 bridgehead atoms. The van der Waals surface area contributed by atoms with E-state index < -0.39 is 5.97 Å². The molecule has 0 radical (unpaired) electrons. The van der Waals surface area contributed by atoms with Gasteiger partial charge >= 0.3 is 5.97 Å². The smallest absolute Gasteiger partial charge is 0.341 e. The first kappa shape index (κ1) is 23.1. The van der Waals surface area contributed by atoms with Crippen LogP contribution in [0.3, 0.4) is 0 Å². The van der Waals surface area contributed by atoms with Crippen molar-refractivity contribution in [3.05, 3.63) is 82.7 Å². The number of pyridine rings is 1. The highest BCUT2D eigenvalue weighted by Crippen LogP contribution is 2.24. The van der Waals surface area contributed by atoms with Crippen molar-refractivity contribution in [1.82, 2.24) is 4.98 Å². The number of hydrogen-bond donors (Lipinski definition) is 0. The van der Waals surface area contributed by atoms with E-state index in [9.17, 15) is 4.79 Å². The van der Waals surface area contributed by atoms with Gasteiger partial charge in [0, 0.05) is 17.5 Å². The largest absolute Gasteiger partial charge is 0.497 e. The minimum atomic E-state index is -0.406. The van der Waals surface area contributed by atoms with Crippen molar-refractivity contribution in [3.8, 4) is 17.2 Å². The number of esters is 1. The minimum Gasteiger partial charge on any atom is -0.497 e. The molecule has 0 N–H and O–H groups in total. The van der Waals surface area contributed by atoms with Gasteiger partial charge < -0.3 is 18.9 Å². The number of aromatic nitrogens is 1. The van der Waals surface area contributed by atoms with Crippen LogP contribution >= 0.6 is 0 Å². The van der Waals surface area contributed by atoms with Crippen molar-refractivity contribution in [2.45, 2.75) is 25.7 Å². The molecule has 0 aliphatic heterocycles. The van der Waals surface area contributed by atoms with Crippen LogP contribution < -0.4 is 14.2 Å². The van der Waals surface area contributed by atoms with Gasteiger partial charge in [0.05, 0.1) is 28.4 Å². The summed E-state index contributed by atoms with van der Waals surface area (Å²) in [7, 11) is 6.22. The predicted octanol–water partition coefficient (Wildman–Crippen LogP) is 4.46. The Labute approximate surface area is 189 Å². The molecular formula is C26H29NO5. The maximum atomic E-state index is 11.8. The number of ether oxygens (including phenoxy) is 4. The molecule has 0 atom stereocenters. The van der Waals surface area contributed by atoms with Crippen LogP contribution in [0.1, 0.15) is 32.9 Å². The molecule has 0 saturated heterocycles. The van der Waals surface area contributed by atoms with Crippen LogP contribution in [-0.2, 0) is 30.4 Å². The van der Waals surface area contributed by atoms with Crippen LogP contribution in [0.5, 0.6) is 17.2 Å². The fourth-order valence-corrected chi connectivity index (χ4v) is 3.53. The molecule has 1 aromatic heterocycles.